The summed E-state index contributed by atoms with van der Waals surface area (Å²) in [6.45, 7) is 12.1. The zero-order chi connectivity index (χ0) is 46.6. The molecule has 3 saturated heterocycles. The van der Waals surface area contributed by atoms with Gasteiger partial charge in [0.1, 0.15) is 48.6 Å². The number of nitrogens with one attached hydrogen (secondary N) is 4. The zero-order valence-electron chi connectivity index (χ0n) is 37.0. The van der Waals surface area contributed by atoms with Crippen molar-refractivity contribution in [2.24, 2.45) is 23.5 Å². The number of aliphatic hydroxyl groups excluding tert-OH is 1. The number of nitrogens with two attached hydrogens (primary N) is 1. The van der Waals surface area contributed by atoms with Crippen LogP contribution in [0.2, 0.25) is 0 Å². The monoisotopic (exact) mass is 900 g/mol. The summed E-state index contributed by atoms with van der Waals surface area (Å²) in [4.78, 5) is 131. The Morgan fingerprint density at radius 2 is 1.16 bits per heavy atom. The van der Waals surface area contributed by atoms with Crippen molar-refractivity contribution in [2.45, 2.75) is 161 Å². The lowest BCUT2D eigenvalue weighted by molar-refractivity contribution is -0.150. The van der Waals surface area contributed by atoms with Gasteiger partial charge in [0.25, 0.3) is 0 Å². The molecule has 21 nitrogen and oxygen atoms in total. The summed E-state index contributed by atoms with van der Waals surface area (Å²) in [6.07, 6.45) is 1.36. The van der Waals surface area contributed by atoms with Crippen LogP contribution in [-0.4, -0.2) is 158 Å². The van der Waals surface area contributed by atoms with E-state index in [9.17, 15) is 57.8 Å². The van der Waals surface area contributed by atoms with Gasteiger partial charge < -0.3 is 61.4 Å². The molecule has 3 fully saturated rings. The van der Waals surface area contributed by atoms with Crippen LogP contribution in [0.5, 0.6) is 0 Å². The molecule has 0 aromatic heterocycles. The van der Waals surface area contributed by atoms with Gasteiger partial charge in [-0.2, -0.15) is 0 Å². The van der Waals surface area contributed by atoms with Crippen LogP contribution in [0.4, 0.5) is 0 Å². The van der Waals surface area contributed by atoms with Gasteiger partial charge in [0.05, 0.1) is 18.8 Å². The minimum atomic E-state index is -5.23. The Labute approximate surface area is 363 Å². The molecule has 7 amide bonds. The smallest absolute Gasteiger partial charge is 0.394 e. The first-order valence-corrected chi connectivity index (χ1v) is 23.2. The van der Waals surface area contributed by atoms with Gasteiger partial charge in [-0.15, -0.1) is 0 Å². The number of nitrogens with zero attached hydrogens (tertiary/aromatic N) is 3. The van der Waals surface area contributed by atoms with Crippen LogP contribution >= 0.6 is 7.82 Å². The third-order valence-corrected chi connectivity index (χ3v) is 11.9. The Hall–Kier alpha value is -4.01. The Bertz CT molecular complexity index is 1660. The predicted molar refractivity (Wildman–Crippen MR) is 224 cm³/mol. The molecule has 0 bridgehead atoms. The van der Waals surface area contributed by atoms with E-state index in [2.05, 4.69) is 21.3 Å². The van der Waals surface area contributed by atoms with Crippen LogP contribution in [-0.2, 0) is 47.4 Å². The molecule has 3 aliphatic rings. The highest BCUT2D eigenvalue weighted by atomic mass is 31.2. The van der Waals surface area contributed by atoms with Crippen LogP contribution in [0.15, 0.2) is 0 Å². The van der Waals surface area contributed by atoms with E-state index in [-0.39, 0.29) is 69.5 Å². The van der Waals surface area contributed by atoms with Crippen molar-refractivity contribution in [1.29, 1.82) is 0 Å². The minimum Gasteiger partial charge on any atom is -0.394 e. The van der Waals surface area contributed by atoms with Crippen molar-refractivity contribution < 1.29 is 62.3 Å². The first kappa shape index (κ1) is 52.3. The van der Waals surface area contributed by atoms with Crippen LogP contribution in [0, 0.1) is 17.8 Å². The normalized spacial score (nSPS) is 22.2. The molecule has 0 radical (unpaired) electrons. The third kappa shape index (κ3) is 14.8. The predicted octanol–water partition coefficient (Wildman–Crippen LogP) is -0.947. The largest absolute Gasteiger partial charge is 0.469 e. The maximum Gasteiger partial charge on any atom is 0.469 e. The van der Waals surface area contributed by atoms with E-state index in [1.54, 1.807) is 0 Å². The fourth-order valence-electron chi connectivity index (χ4n) is 8.33. The van der Waals surface area contributed by atoms with Crippen LogP contribution in [0.25, 0.3) is 0 Å². The molecule has 0 spiro atoms. The van der Waals surface area contributed by atoms with Gasteiger partial charge in [0.15, 0.2) is 0 Å². The number of hydrogen-bond donors (Lipinski definition) is 8. The molecule has 22 heteroatoms. The quantitative estimate of drug-likeness (QED) is 0.0481. The van der Waals surface area contributed by atoms with Crippen molar-refractivity contribution in [3.05, 3.63) is 0 Å². The summed E-state index contributed by atoms with van der Waals surface area (Å²) in [5, 5.41) is 19.8. The van der Waals surface area contributed by atoms with Gasteiger partial charge >= 0.3 is 7.82 Å². The van der Waals surface area contributed by atoms with E-state index in [0.29, 0.717) is 32.0 Å². The zero-order valence-corrected chi connectivity index (χ0v) is 37.9. The molecular formula is C40H69N8O13P. The van der Waals surface area contributed by atoms with Gasteiger partial charge in [-0.25, -0.2) is 4.57 Å². The average Bonchev–Trinajstić information content (AvgIpc) is 3.98. The summed E-state index contributed by atoms with van der Waals surface area (Å²) >= 11 is 0. The topological polar surface area (TPSA) is 307 Å². The van der Waals surface area contributed by atoms with Crippen LogP contribution in [0.1, 0.15) is 106 Å². The van der Waals surface area contributed by atoms with Crippen molar-refractivity contribution in [1.82, 2.24) is 36.0 Å². The number of carbonyl (C=O) groups excluding carboxylic acids is 8. The lowest BCUT2D eigenvalue weighted by Crippen LogP contribution is -2.61. The maximum absolute atomic E-state index is 14.4. The van der Waals surface area contributed by atoms with E-state index < -0.39 is 110 Å². The third-order valence-electron chi connectivity index (χ3n) is 11.2. The molecule has 0 saturated carbocycles. The van der Waals surface area contributed by atoms with Gasteiger partial charge in [-0.1, -0.05) is 41.5 Å². The second kappa shape index (κ2) is 23.6. The van der Waals surface area contributed by atoms with E-state index in [0.717, 1.165) is 0 Å². The molecule has 0 unspecified atom stereocenters. The molecule has 0 aliphatic carbocycles. The van der Waals surface area contributed by atoms with Crippen molar-refractivity contribution in [3.63, 3.8) is 0 Å². The number of aldehydes is 1. The summed E-state index contributed by atoms with van der Waals surface area (Å²) in [7, 11) is -5.23. The number of aliphatic hydroxyl groups is 1. The molecule has 3 rings (SSSR count). The summed E-state index contributed by atoms with van der Waals surface area (Å²) in [5.74, 6) is -4.57. The molecule has 352 valence electrons. The Kier molecular flexibility index (Phi) is 19.9. The van der Waals surface area contributed by atoms with Gasteiger partial charge in [0, 0.05) is 19.6 Å². The highest BCUT2D eigenvalue weighted by Gasteiger charge is 2.47. The highest BCUT2D eigenvalue weighted by molar-refractivity contribution is 7.46. The van der Waals surface area contributed by atoms with Gasteiger partial charge in [-0.3, -0.25) is 38.1 Å². The van der Waals surface area contributed by atoms with Crippen LogP contribution in [0.3, 0.4) is 0 Å². The van der Waals surface area contributed by atoms with E-state index >= 15 is 0 Å². The van der Waals surface area contributed by atoms with E-state index in [1.807, 2.05) is 41.5 Å². The first-order valence-electron chi connectivity index (χ1n) is 21.7. The van der Waals surface area contributed by atoms with Crippen molar-refractivity contribution in [2.75, 3.05) is 26.2 Å². The van der Waals surface area contributed by atoms with E-state index in [4.69, 9.17) is 10.3 Å². The standard InChI is InChI=1S/C40H69N8O13P/c1-22(2)17-27(41)34(51)44-29(19-24(5)6)38(55)46-14-8-12-31(46)37(54)45-33(25(7)61-62(58,59)60)40(57)48-16-10-13-32(48)39(56)47-15-9-11-30(47)36(53)43-28(18-23(3)4)35(52)42-26(20-49)21-50/h20,22-33,50H,8-19,21,41H2,1-7H3,(H,42,52)(H,43,53)(H,44,51)(H,45,54)(H2,58,59,60)/t25-,26-,27+,28+,29+,30+,31+,32+,33+/m1/s1. The average molecular weight is 901 g/mol. The number of hydrogen-bond acceptors (Lipinski definition) is 12. The lowest BCUT2D eigenvalue weighted by atomic mass is 10.00. The van der Waals surface area contributed by atoms with Gasteiger partial charge in [0.2, 0.25) is 41.4 Å². The molecule has 3 aliphatic heterocycles. The number of phosphoric ester groups is 1. The highest BCUT2D eigenvalue weighted by Crippen LogP contribution is 2.39. The molecule has 0 aromatic carbocycles. The summed E-state index contributed by atoms with van der Waals surface area (Å²) < 4.78 is 16.9. The fraction of sp³-hybridized carbons (Fsp3) is 0.800. The molecular weight excluding hydrogens is 831 g/mol. The first-order chi connectivity index (χ1) is 29.0. The summed E-state index contributed by atoms with van der Waals surface area (Å²) in [6, 6.07) is -9.12. The maximum atomic E-state index is 14.4. The van der Waals surface area contributed by atoms with Crippen molar-refractivity contribution in [3.8, 4) is 0 Å². The number of amides is 7. The molecule has 0 aromatic rings. The number of carbonyl (C=O) groups is 8. The van der Waals surface area contributed by atoms with Gasteiger partial charge in [-0.05, 0) is 82.5 Å². The van der Waals surface area contributed by atoms with E-state index in [1.165, 1.54) is 21.6 Å². The fourth-order valence-corrected chi connectivity index (χ4v) is 8.89. The second-order valence-corrected chi connectivity index (χ2v) is 19.1. The van der Waals surface area contributed by atoms with Crippen molar-refractivity contribution >= 4 is 55.5 Å². The molecule has 9 N–H and O–H groups in total. The lowest BCUT2D eigenvalue weighted by Gasteiger charge is -2.35. The number of likely N-dealkylation sites (tertiary alicyclic amines) is 3. The number of rotatable bonds is 22. The van der Waals surface area contributed by atoms with Crippen LogP contribution < -0.4 is 27.0 Å². The minimum absolute atomic E-state index is 0.0257. The Balaban J connectivity index is 1.84. The Morgan fingerprint density at radius 1 is 0.677 bits per heavy atom. The second-order valence-electron chi connectivity index (χ2n) is 17.9. The molecule has 62 heavy (non-hydrogen) atoms. The molecule has 3 heterocycles. The Morgan fingerprint density at radius 3 is 1.68 bits per heavy atom. The number of phosphoric acid groups is 1. The summed E-state index contributed by atoms with van der Waals surface area (Å²) in [5.41, 5.74) is 6.11. The molecule has 9 atom stereocenters. The SMILES string of the molecule is CC(C)C[C@H](NC(=O)[C@@H]1CCCN1C(=O)[C@@H]1CCCN1C(=O)[C@@H](NC(=O)[C@@H]1CCCN1C(=O)[C@H](CC(C)C)NC(=O)[C@@H](N)CC(C)C)[C@@H](C)OP(=O)(O)O)C(=O)N[C@H](C=O)CO.